The lowest BCUT2D eigenvalue weighted by molar-refractivity contribution is 0.669. The lowest BCUT2D eigenvalue weighted by Crippen LogP contribution is -2.00. The molecule has 288 valence electrons. The molecule has 13 rings (SSSR count). The van der Waals surface area contributed by atoms with Gasteiger partial charge in [0.2, 0.25) is 0 Å². The molecule has 0 amide bonds. The summed E-state index contributed by atoms with van der Waals surface area (Å²) in [6.07, 6.45) is 0. The number of hydrogen-bond acceptors (Lipinski definition) is 5. The van der Waals surface area contributed by atoms with Gasteiger partial charge < -0.3 is 4.42 Å². The van der Waals surface area contributed by atoms with E-state index in [2.05, 4.69) is 170 Å². The second-order valence-electron chi connectivity index (χ2n) is 15.9. The summed E-state index contributed by atoms with van der Waals surface area (Å²) in [6.45, 7) is 0. The zero-order valence-electron chi connectivity index (χ0n) is 33.2. The molecule has 0 aliphatic carbocycles. The van der Waals surface area contributed by atoms with Crippen molar-refractivity contribution < 1.29 is 4.42 Å². The van der Waals surface area contributed by atoms with Crippen LogP contribution in [0.1, 0.15) is 0 Å². The van der Waals surface area contributed by atoms with Gasteiger partial charge in [-0.3, -0.25) is 0 Å². The lowest BCUT2D eigenvalue weighted by Gasteiger charge is -2.12. The summed E-state index contributed by atoms with van der Waals surface area (Å²) in [4.78, 5) is 15.4. The van der Waals surface area contributed by atoms with Crippen LogP contribution in [0.2, 0.25) is 0 Å². The quantitative estimate of drug-likeness (QED) is 0.174. The zero-order valence-corrected chi connectivity index (χ0v) is 34.0. The van der Waals surface area contributed by atoms with Crippen molar-refractivity contribution in [3.63, 3.8) is 0 Å². The minimum atomic E-state index is 0.605. The van der Waals surface area contributed by atoms with Crippen molar-refractivity contribution >= 4 is 85.8 Å². The number of thiophene rings is 1. The van der Waals surface area contributed by atoms with Gasteiger partial charge in [-0.1, -0.05) is 146 Å². The molecule has 0 saturated carbocycles. The average molecular weight is 808 g/mol. The molecule has 0 unspecified atom stereocenters. The van der Waals surface area contributed by atoms with Crippen molar-refractivity contribution in [2.75, 3.05) is 0 Å². The molecule has 10 aromatic carbocycles. The van der Waals surface area contributed by atoms with Crippen molar-refractivity contribution in [3.8, 4) is 56.4 Å². The van der Waals surface area contributed by atoms with E-state index < -0.39 is 0 Å². The third-order valence-corrected chi connectivity index (χ3v) is 13.4. The molecular weight excluding hydrogens is 775 g/mol. The van der Waals surface area contributed by atoms with Crippen LogP contribution in [0, 0.1) is 0 Å². The first-order chi connectivity index (χ1) is 30.7. The number of benzene rings is 10. The second kappa shape index (κ2) is 13.8. The summed E-state index contributed by atoms with van der Waals surface area (Å²) in [5, 5.41) is 11.8. The van der Waals surface area contributed by atoms with Gasteiger partial charge in [0.05, 0.1) is 0 Å². The Morgan fingerprint density at radius 1 is 0.306 bits per heavy atom. The standard InChI is InChI=1S/C57H33N3OS/c1-2-14-36(15-3-1)55-58-56(60-57(59-55)45-22-10-19-35-13-8-9-20-43(35)45)41-26-27-49-47(30-41)53-44(21-11-23-50(53)61-49)42-31-46(40-25-24-34-12-4-5-16-37(34)28-40)54-48-29-38-17-6-7-18-39(38)32-51(48)62-52(54)33-42/h1-33H. The minimum Gasteiger partial charge on any atom is -0.456 e. The Morgan fingerprint density at radius 3 is 1.82 bits per heavy atom. The van der Waals surface area contributed by atoms with E-state index in [0.29, 0.717) is 17.5 Å². The monoisotopic (exact) mass is 807 g/mol. The maximum Gasteiger partial charge on any atom is 0.164 e. The predicted molar refractivity (Wildman–Crippen MR) is 260 cm³/mol. The van der Waals surface area contributed by atoms with E-state index in [0.717, 1.165) is 60.5 Å². The second-order valence-corrected chi connectivity index (χ2v) is 17.0. The molecule has 0 radical (unpaired) electrons. The minimum absolute atomic E-state index is 0.605. The average Bonchev–Trinajstić information content (AvgIpc) is 3.90. The molecule has 0 atom stereocenters. The highest BCUT2D eigenvalue weighted by Gasteiger charge is 2.20. The van der Waals surface area contributed by atoms with Crippen molar-refractivity contribution in [1.82, 2.24) is 15.0 Å². The van der Waals surface area contributed by atoms with Crippen molar-refractivity contribution in [3.05, 3.63) is 200 Å². The molecule has 0 spiro atoms. The molecule has 3 aromatic heterocycles. The normalized spacial score (nSPS) is 11.9. The molecule has 0 N–H and O–H groups in total. The third-order valence-electron chi connectivity index (χ3n) is 12.3. The van der Waals surface area contributed by atoms with E-state index in [9.17, 15) is 0 Å². The largest absolute Gasteiger partial charge is 0.456 e. The van der Waals surface area contributed by atoms with Crippen LogP contribution in [0.25, 0.3) is 131 Å². The van der Waals surface area contributed by atoms with Gasteiger partial charge in [-0.15, -0.1) is 11.3 Å². The van der Waals surface area contributed by atoms with Crippen LogP contribution in [-0.4, -0.2) is 15.0 Å². The van der Waals surface area contributed by atoms with Crippen LogP contribution in [-0.2, 0) is 0 Å². The Hall–Kier alpha value is -7.99. The van der Waals surface area contributed by atoms with Crippen LogP contribution in [0.4, 0.5) is 0 Å². The van der Waals surface area contributed by atoms with Crippen LogP contribution in [0.15, 0.2) is 205 Å². The number of nitrogens with zero attached hydrogens (tertiary/aromatic N) is 3. The number of fused-ring (bicyclic) bond motifs is 9. The molecule has 3 heterocycles. The summed E-state index contributed by atoms with van der Waals surface area (Å²) >= 11 is 1.86. The van der Waals surface area contributed by atoms with E-state index in [1.165, 1.54) is 52.8 Å². The van der Waals surface area contributed by atoms with E-state index >= 15 is 0 Å². The van der Waals surface area contributed by atoms with Crippen LogP contribution in [0.5, 0.6) is 0 Å². The first kappa shape index (κ1) is 34.8. The fourth-order valence-corrected chi connectivity index (χ4v) is 10.5. The fourth-order valence-electron chi connectivity index (χ4n) is 9.30. The van der Waals surface area contributed by atoms with E-state index in [1.807, 2.05) is 41.7 Å². The summed E-state index contributed by atoms with van der Waals surface area (Å²) in [7, 11) is 0. The lowest BCUT2D eigenvalue weighted by atomic mass is 9.91. The molecule has 13 aromatic rings. The van der Waals surface area contributed by atoms with Crippen molar-refractivity contribution in [2.24, 2.45) is 0 Å². The van der Waals surface area contributed by atoms with Crippen LogP contribution in [0.3, 0.4) is 0 Å². The topological polar surface area (TPSA) is 51.8 Å². The zero-order chi connectivity index (χ0) is 40.7. The van der Waals surface area contributed by atoms with Crippen LogP contribution < -0.4 is 0 Å². The molecule has 4 nitrogen and oxygen atoms in total. The highest BCUT2D eigenvalue weighted by molar-refractivity contribution is 7.26. The number of hydrogen-bond donors (Lipinski definition) is 0. The number of aromatic nitrogens is 3. The molecule has 0 fully saturated rings. The molecule has 0 saturated heterocycles. The van der Waals surface area contributed by atoms with Gasteiger partial charge in [-0.2, -0.15) is 0 Å². The SMILES string of the molecule is c1ccc(-c2nc(-c3ccc4oc5cccc(-c6cc(-c7ccc8ccccc8c7)c7c(c6)sc6cc8ccccc8cc67)c5c4c3)nc(-c3cccc4ccccc34)n2)cc1. The molecule has 0 aliphatic rings. The fraction of sp³-hybridized carbons (Fsp3) is 0. The molecule has 0 aliphatic heterocycles. The summed E-state index contributed by atoms with van der Waals surface area (Å²) in [6, 6.07) is 71.1. The number of furan rings is 1. The first-order valence-electron chi connectivity index (χ1n) is 20.8. The van der Waals surface area contributed by atoms with Crippen molar-refractivity contribution in [1.29, 1.82) is 0 Å². The van der Waals surface area contributed by atoms with Gasteiger partial charge in [-0.25, -0.2) is 15.0 Å². The summed E-state index contributed by atoms with van der Waals surface area (Å²) < 4.78 is 9.16. The maximum absolute atomic E-state index is 6.63. The van der Waals surface area contributed by atoms with Gasteiger partial charge in [0.15, 0.2) is 17.5 Å². The highest BCUT2D eigenvalue weighted by Crippen LogP contribution is 2.46. The van der Waals surface area contributed by atoms with Gasteiger partial charge in [-0.05, 0) is 109 Å². The van der Waals surface area contributed by atoms with Crippen LogP contribution >= 0.6 is 11.3 Å². The summed E-state index contributed by atoms with van der Waals surface area (Å²) in [5.74, 6) is 1.87. The maximum atomic E-state index is 6.63. The number of rotatable bonds is 5. The van der Waals surface area contributed by atoms with E-state index in [1.54, 1.807) is 0 Å². The predicted octanol–water partition coefficient (Wildman–Crippen LogP) is 15.9. The van der Waals surface area contributed by atoms with E-state index in [-0.39, 0.29) is 0 Å². The smallest absolute Gasteiger partial charge is 0.164 e. The van der Waals surface area contributed by atoms with Gasteiger partial charge in [0, 0.05) is 47.6 Å². The Balaban J connectivity index is 1.04. The van der Waals surface area contributed by atoms with E-state index in [4.69, 9.17) is 19.4 Å². The van der Waals surface area contributed by atoms with Gasteiger partial charge in [0.25, 0.3) is 0 Å². The third kappa shape index (κ3) is 5.63. The Morgan fingerprint density at radius 2 is 0.968 bits per heavy atom. The summed E-state index contributed by atoms with van der Waals surface area (Å²) in [5.41, 5.74) is 9.10. The highest BCUT2D eigenvalue weighted by atomic mass is 32.1. The van der Waals surface area contributed by atoms with Gasteiger partial charge in [0.1, 0.15) is 11.2 Å². The molecule has 5 heteroatoms. The Labute approximate surface area is 360 Å². The van der Waals surface area contributed by atoms with Gasteiger partial charge >= 0.3 is 0 Å². The first-order valence-corrected chi connectivity index (χ1v) is 21.6. The molecular formula is C57H33N3OS. The molecule has 0 bridgehead atoms. The Bertz CT molecular complexity index is 3940. The van der Waals surface area contributed by atoms with Crippen molar-refractivity contribution in [2.45, 2.75) is 0 Å². The molecule has 62 heavy (non-hydrogen) atoms. The Kier molecular flexibility index (Phi) is 7.74.